The van der Waals surface area contributed by atoms with Gasteiger partial charge in [0, 0.05) is 17.5 Å². The monoisotopic (exact) mass is 388 g/mol. The summed E-state index contributed by atoms with van der Waals surface area (Å²) < 4.78 is 8.06. The molecule has 3 heterocycles. The van der Waals surface area contributed by atoms with E-state index in [1.165, 1.54) is 23.9 Å². The zero-order chi connectivity index (χ0) is 18.5. The lowest BCUT2D eigenvalue weighted by molar-refractivity contribution is -0.137. The zero-order valence-electron chi connectivity index (χ0n) is 13.2. The fraction of sp³-hybridized carbons (Fsp3) is 0.133. The standard InChI is InChI=1S/C15H12N6O3S2/c16-14(23)13(22)10(6-8-2-1-5-25-8)19-15(24)12-11(20-26-21-12)9-3-4-17-7-18-9/h1-5,7,10H,6H2,(H2,16,23)(H,19,24). The van der Waals surface area contributed by atoms with Crippen LogP contribution < -0.4 is 11.1 Å². The lowest BCUT2D eigenvalue weighted by Gasteiger charge is -2.15. The molecule has 3 N–H and O–H groups in total. The molecular formula is C15H12N6O3S2. The number of rotatable bonds is 7. The smallest absolute Gasteiger partial charge is 0.287 e. The second-order valence-corrected chi connectivity index (χ2v) is 6.65. The van der Waals surface area contributed by atoms with Gasteiger partial charge in [0.05, 0.1) is 17.4 Å². The Labute approximate surface area is 155 Å². The van der Waals surface area contributed by atoms with Crippen LogP contribution in [0.25, 0.3) is 11.4 Å². The van der Waals surface area contributed by atoms with Gasteiger partial charge < -0.3 is 11.1 Å². The molecule has 2 amide bonds. The molecule has 3 aromatic heterocycles. The van der Waals surface area contributed by atoms with Crippen molar-refractivity contribution in [3.8, 4) is 11.4 Å². The summed E-state index contributed by atoms with van der Waals surface area (Å²) in [6, 6.07) is 4.11. The maximum absolute atomic E-state index is 12.6. The quantitative estimate of drug-likeness (QED) is 0.560. The molecule has 11 heteroatoms. The number of amides is 2. The van der Waals surface area contributed by atoms with Crippen molar-refractivity contribution in [2.75, 3.05) is 0 Å². The molecule has 132 valence electrons. The number of nitrogens with zero attached hydrogens (tertiary/aromatic N) is 4. The normalized spacial score (nSPS) is 11.7. The van der Waals surface area contributed by atoms with Crippen LogP contribution in [0.5, 0.6) is 0 Å². The highest BCUT2D eigenvalue weighted by atomic mass is 32.1. The van der Waals surface area contributed by atoms with Gasteiger partial charge in [-0.3, -0.25) is 14.4 Å². The number of carbonyl (C=O) groups is 3. The number of thiophene rings is 1. The molecule has 9 nitrogen and oxygen atoms in total. The van der Waals surface area contributed by atoms with Crippen LogP contribution in [0.4, 0.5) is 0 Å². The average molecular weight is 388 g/mol. The van der Waals surface area contributed by atoms with Crippen molar-refractivity contribution in [1.82, 2.24) is 24.0 Å². The fourth-order valence-corrected chi connectivity index (χ4v) is 3.48. The van der Waals surface area contributed by atoms with E-state index in [2.05, 4.69) is 24.0 Å². The van der Waals surface area contributed by atoms with Crippen molar-refractivity contribution in [2.24, 2.45) is 5.73 Å². The number of nitrogens with two attached hydrogens (primary N) is 1. The molecule has 0 fully saturated rings. The molecule has 0 bridgehead atoms. The number of ketones is 1. The molecule has 0 saturated carbocycles. The minimum absolute atomic E-state index is 0.0159. The van der Waals surface area contributed by atoms with Crippen LogP contribution in [-0.4, -0.2) is 42.4 Å². The molecule has 3 aromatic rings. The van der Waals surface area contributed by atoms with Crippen LogP contribution in [0, 0.1) is 0 Å². The second kappa shape index (κ2) is 7.89. The lowest BCUT2D eigenvalue weighted by atomic mass is 10.1. The molecule has 0 aliphatic heterocycles. The Hall–Kier alpha value is -3.05. The van der Waals surface area contributed by atoms with E-state index in [0.717, 1.165) is 16.6 Å². The van der Waals surface area contributed by atoms with E-state index in [0.29, 0.717) is 5.69 Å². The van der Waals surface area contributed by atoms with Gasteiger partial charge >= 0.3 is 0 Å². The van der Waals surface area contributed by atoms with Gasteiger partial charge in [-0.1, -0.05) is 6.07 Å². The predicted molar refractivity (Wildman–Crippen MR) is 94.4 cm³/mol. The van der Waals surface area contributed by atoms with Gasteiger partial charge in [-0.25, -0.2) is 9.97 Å². The van der Waals surface area contributed by atoms with E-state index in [1.54, 1.807) is 12.1 Å². The zero-order valence-corrected chi connectivity index (χ0v) is 14.8. The second-order valence-electron chi connectivity index (χ2n) is 5.09. The number of primary amides is 1. The number of carbonyl (C=O) groups excluding carboxylic acids is 3. The molecule has 0 radical (unpaired) electrons. The molecule has 3 rings (SSSR count). The van der Waals surface area contributed by atoms with Gasteiger partial charge in [0.1, 0.15) is 18.1 Å². The highest BCUT2D eigenvalue weighted by molar-refractivity contribution is 7.09. The van der Waals surface area contributed by atoms with E-state index < -0.39 is 23.6 Å². The third kappa shape index (κ3) is 3.95. The first-order chi connectivity index (χ1) is 12.6. The summed E-state index contributed by atoms with van der Waals surface area (Å²) in [7, 11) is 0. The van der Waals surface area contributed by atoms with Crippen LogP contribution in [0.1, 0.15) is 15.4 Å². The Morgan fingerprint density at radius 3 is 2.73 bits per heavy atom. The van der Waals surface area contributed by atoms with E-state index in [1.807, 2.05) is 11.4 Å². The van der Waals surface area contributed by atoms with Crippen LogP contribution in [0.2, 0.25) is 0 Å². The summed E-state index contributed by atoms with van der Waals surface area (Å²) >= 11 is 2.25. The minimum Gasteiger partial charge on any atom is -0.363 e. The predicted octanol–water partition coefficient (Wildman–Crippen LogP) is 0.452. The molecular weight excluding hydrogens is 376 g/mol. The van der Waals surface area contributed by atoms with Crippen LogP contribution in [0.3, 0.4) is 0 Å². The van der Waals surface area contributed by atoms with Crippen LogP contribution in [0.15, 0.2) is 36.1 Å². The Bertz CT molecular complexity index is 926. The number of hydrogen-bond donors (Lipinski definition) is 2. The summed E-state index contributed by atoms with van der Waals surface area (Å²) in [5, 5.41) is 4.36. The number of aromatic nitrogens is 4. The van der Waals surface area contributed by atoms with Gasteiger partial charge in [0.2, 0.25) is 5.78 Å². The van der Waals surface area contributed by atoms with Gasteiger partial charge in [-0.2, -0.15) is 8.75 Å². The summed E-state index contributed by atoms with van der Waals surface area (Å²) in [6.45, 7) is 0. The Morgan fingerprint density at radius 1 is 1.23 bits per heavy atom. The SMILES string of the molecule is NC(=O)C(=O)C(Cc1cccs1)NC(=O)c1nsnc1-c1ccncn1. The first-order valence-electron chi connectivity index (χ1n) is 7.32. The third-order valence-electron chi connectivity index (χ3n) is 3.38. The number of Topliss-reactive ketones (excluding diaryl/α,β-unsaturated/α-hetero) is 1. The Balaban J connectivity index is 1.83. The molecule has 1 unspecified atom stereocenters. The number of hydrogen-bond acceptors (Lipinski definition) is 9. The van der Waals surface area contributed by atoms with Gasteiger partial charge in [-0.05, 0) is 17.5 Å². The van der Waals surface area contributed by atoms with Crippen LogP contribution in [-0.2, 0) is 16.0 Å². The first kappa shape index (κ1) is 17.8. The van der Waals surface area contributed by atoms with Crippen molar-refractivity contribution < 1.29 is 14.4 Å². The summed E-state index contributed by atoms with van der Waals surface area (Å²) in [5.74, 6) is -2.62. The minimum atomic E-state index is -1.11. The largest absolute Gasteiger partial charge is 0.363 e. The van der Waals surface area contributed by atoms with E-state index in [4.69, 9.17) is 5.73 Å². The maximum Gasteiger partial charge on any atom is 0.287 e. The first-order valence-corrected chi connectivity index (χ1v) is 8.93. The highest BCUT2D eigenvalue weighted by Crippen LogP contribution is 2.19. The Kier molecular flexibility index (Phi) is 5.39. The molecule has 0 aliphatic rings. The van der Waals surface area contributed by atoms with Crippen LogP contribution >= 0.6 is 23.1 Å². The lowest BCUT2D eigenvalue weighted by Crippen LogP contribution is -2.47. The molecule has 0 aliphatic carbocycles. The average Bonchev–Trinajstić information content (AvgIpc) is 3.32. The van der Waals surface area contributed by atoms with Crippen molar-refractivity contribution >= 4 is 40.7 Å². The van der Waals surface area contributed by atoms with Crippen molar-refractivity contribution in [2.45, 2.75) is 12.5 Å². The van der Waals surface area contributed by atoms with E-state index >= 15 is 0 Å². The molecule has 0 aromatic carbocycles. The van der Waals surface area contributed by atoms with E-state index in [-0.39, 0.29) is 17.8 Å². The highest BCUT2D eigenvalue weighted by Gasteiger charge is 2.28. The summed E-state index contributed by atoms with van der Waals surface area (Å²) in [6.07, 6.45) is 3.00. The summed E-state index contributed by atoms with van der Waals surface area (Å²) in [4.78, 5) is 44.7. The summed E-state index contributed by atoms with van der Waals surface area (Å²) in [5.41, 5.74) is 5.82. The van der Waals surface area contributed by atoms with Crippen molar-refractivity contribution in [3.05, 3.63) is 46.7 Å². The third-order valence-corrected chi connectivity index (χ3v) is 4.81. The molecule has 26 heavy (non-hydrogen) atoms. The van der Waals surface area contributed by atoms with Crippen molar-refractivity contribution in [1.29, 1.82) is 0 Å². The fourth-order valence-electron chi connectivity index (χ4n) is 2.17. The topological polar surface area (TPSA) is 141 Å². The Morgan fingerprint density at radius 2 is 2.08 bits per heavy atom. The van der Waals surface area contributed by atoms with E-state index in [9.17, 15) is 14.4 Å². The molecule has 0 saturated heterocycles. The maximum atomic E-state index is 12.6. The van der Waals surface area contributed by atoms with Gasteiger partial charge in [-0.15, -0.1) is 11.3 Å². The molecule has 0 spiro atoms. The number of nitrogens with one attached hydrogen (secondary N) is 1. The molecule has 1 atom stereocenters. The van der Waals surface area contributed by atoms with Gasteiger partial charge in [0.15, 0.2) is 5.69 Å². The van der Waals surface area contributed by atoms with Crippen molar-refractivity contribution in [3.63, 3.8) is 0 Å². The van der Waals surface area contributed by atoms with Gasteiger partial charge in [0.25, 0.3) is 11.8 Å².